The van der Waals surface area contributed by atoms with Crippen molar-refractivity contribution in [3.63, 3.8) is 0 Å². The van der Waals surface area contributed by atoms with Crippen LogP contribution in [0.25, 0.3) is 0 Å². The van der Waals surface area contributed by atoms with Gasteiger partial charge in [-0.1, -0.05) is 15.9 Å². The molecule has 3 aliphatic rings. The van der Waals surface area contributed by atoms with E-state index >= 15 is 0 Å². The van der Waals surface area contributed by atoms with Crippen molar-refractivity contribution in [1.29, 1.82) is 0 Å². The van der Waals surface area contributed by atoms with Crippen LogP contribution in [-0.2, 0) is 9.59 Å². The van der Waals surface area contributed by atoms with Gasteiger partial charge in [0.1, 0.15) is 12.7 Å². The molecule has 0 aromatic carbocycles. The number of rotatable bonds is 4. The second-order valence-electron chi connectivity index (χ2n) is 7.52. The molecule has 0 aromatic rings. The number of carbonyl (C=O) groups is 3. The van der Waals surface area contributed by atoms with E-state index in [1.807, 2.05) is 0 Å². The number of alkyl halides is 3. The van der Waals surface area contributed by atoms with Gasteiger partial charge in [0.2, 0.25) is 5.91 Å². The molecule has 3 amide bonds. The molecule has 2 aliphatic carbocycles. The molecule has 26 heavy (non-hydrogen) atoms. The number of fused-ring (bicyclic) bond motifs is 1. The van der Waals surface area contributed by atoms with Gasteiger partial charge in [-0.05, 0) is 38.5 Å². The quantitative estimate of drug-likeness (QED) is 0.664. The van der Waals surface area contributed by atoms with Crippen LogP contribution < -0.4 is 0 Å². The third kappa shape index (κ3) is 4.01. The number of hydrogen-bond acceptors (Lipinski definition) is 3. The molecular formula is C17H23BrClFN2O4. The van der Waals surface area contributed by atoms with E-state index in [0.717, 1.165) is 11.3 Å². The van der Waals surface area contributed by atoms with Crippen molar-refractivity contribution in [2.75, 3.05) is 13.1 Å². The Kier molecular flexibility index (Phi) is 6.11. The minimum absolute atomic E-state index is 0.0161. The lowest BCUT2D eigenvalue weighted by molar-refractivity contribution is -0.147. The Morgan fingerprint density at radius 1 is 1.23 bits per heavy atom. The fraction of sp³-hybridized carbons (Fsp3) is 0.824. The molecule has 1 N–H and O–H groups in total. The SMILES string of the molecule is O=C(O)CN1C(=O)N(CC2CCC(Br)CC2F)C(=O)C2CCC(Cl)CC21. The fourth-order valence-electron chi connectivity index (χ4n) is 4.39. The molecule has 6 nitrogen and oxygen atoms in total. The van der Waals surface area contributed by atoms with Crippen molar-refractivity contribution < 1.29 is 23.9 Å². The van der Waals surface area contributed by atoms with Gasteiger partial charge < -0.3 is 10.0 Å². The lowest BCUT2D eigenvalue weighted by Gasteiger charge is -2.48. The first kappa shape index (κ1) is 19.9. The molecule has 0 radical (unpaired) electrons. The zero-order valence-electron chi connectivity index (χ0n) is 14.3. The molecule has 0 spiro atoms. The van der Waals surface area contributed by atoms with Crippen molar-refractivity contribution >= 4 is 45.4 Å². The Balaban J connectivity index is 1.80. The molecule has 3 rings (SSSR count). The number of nitrogens with zero attached hydrogens (tertiary/aromatic N) is 2. The van der Waals surface area contributed by atoms with Crippen LogP contribution in [0.4, 0.5) is 9.18 Å². The van der Waals surface area contributed by atoms with Crippen LogP contribution in [0, 0.1) is 11.8 Å². The Labute approximate surface area is 165 Å². The molecule has 0 bridgehead atoms. The maximum atomic E-state index is 14.4. The van der Waals surface area contributed by atoms with Crippen molar-refractivity contribution in [1.82, 2.24) is 9.80 Å². The summed E-state index contributed by atoms with van der Waals surface area (Å²) in [5.41, 5.74) is 0. The number of aliphatic carboxylic acids is 1. The van der Waals surface area contributed by atoms with E-state index in [1.165, 1.54) is 4.90 Å². The van der Waals surface area contributed by atoms with Gasteiger partial charge in [-0.2, -0.15) is 0 Å². The van der Waals surface area contributed by atoms with Gasteiger partial charge in [-0.15, -0.1) is 11.6 Å². The minimum atomic E-state index is -1.13. The first-order valence-electron chi connectivity index (χ1n) is 9.04. The molecule has 146 valence electrons. The Hall–Kier alpha value is -0.890. The largest absolute Gasteiger partial charge is 0.480 e. The summed E-state index contributed by atoms with van der Waals surface area (Å²) in [5.74, 6) is -2.29. The Morgan fingerprint density at radius 2 is 1.96 bits per heavy atom. The van der Waals surface area contributed by atoms with Gasteiger partial charge >= 0.3 is 12.0 Å². The van der Waals surface area contributed by atoms with Crippen molar-refractivity contribution in [3.05, 3.63) is 0 Å². The van der Waals surface area contributed by atoms with Gasteiger partial charge in [0, 0.05) is 28.7 Å². The zero-order valence-corrected chi connectivity index (χ0v) is 16.7. The zero-order chi connectivity index (χ0) is 19.0. The highest BCUT2D eigenvalue weighted by molar-refractivity contribution is 9.09. The van der Waals surface area contributed by atoms with Crippen LogP contribution in [-0.4, -0.2) is 68.3 Å². The van der Waals surface area contributed by atoms with Crippen LogP contribution in [0.1, 0.15) is 38.5 Å². The second kappa shape index (κ2) is 8.00. The number of hydrogen-bond donors (Lipinski definition) is 1. The highest BCUT2D eigenvalue weighted by atomic mass is 79.9. The third-order valence-electron chi connectivity index (χ3n) is 5.78. The average molecular weight is 454 g/mol. The van der Waals surface area contributed by atoms with E-state index in [4.69, 9.17) is 11.6 Å². The van der Waals surface area contributed by atoms with Gasteiger partial charge in [-0.25, -0.2) is 9.18 Å². The number of carboxylic acid groups (broad SMARTS) is 1. The van der Waals surface area contributed by atoms with Crippen molar-refractivity contribution in [3.8, 4) is 0 Å². The second-order valence-corrected chi connectivity index (χ2v) is 9.44. The van der Waals surface area contributed by atoms with Gasteiger partial charge in [0.05, 0.1) is 5.92 Å². The molecule has 2 saturated carbocycles. The number of imide groups is 1. The Bertz CT molecular complexity index is 595. The van der Waals surface area contributed by atoms with E-state index in [1.54, 1.807) is 0 Å². The van der Waals surface area contributed by atoms with E-state index in [0.29, 0.717) is 32.1 Å². The summed E-state index contributed by atoms with van der Waals surface area (Å²) in [6, 6.07) is -1.12. The molecule has 6 atom stereocenters. The lowest BCUT2D eigenvalue weighted by Crippen LogP contribution is -2.65. The van der Waals surface area contributed by atoms with Crippen molar-refractivity contribution in [2.45, 2.75) is 60.9 Å². The fourth-order valence-corrected chi connectivity index (χ4v) is 5.32. The van der Waals surface area contributed by atoms with Crippen molar-refractivity contribution in [2.24, 2.45) is 11.8 Å². The van der Waals surface area contributed by atoms with Gasteiger partial charge in [0.15, 0.2) is 0 Å². The molecular weight excluding hydrogens is 431 g/mol. The highest BCUT2D eigenvalue weighted by Gasteiger charge is 2.49. The highest BCUT2D eigenvalue weighted by Crippen LogP contribution is 2.38. The molecule has 3 fully saturated rings. The summed E-state index contributed by atoms with van der Waals surface area (Å²) < 4.78 is 14.4. The molecule has 6 unspecified atom stereocenters. The smallest absolute Gasteiger partial charge is 0.327 e. The Morgan fingerprint density at radius 3 is 2.62 bits per heavy atom. The maximum Gasteiger partial charge on any atom is 0.327 e. The predicted molar refractivity (Wildman–Crippen MR) is 97.2 cm³/mol. The van der Waals surface area contributed by atoms with Crippen LogP contribution in [0.2, 0.25) is 0 Å². The molecule has 0 aromatic heterocycles. The number of halogens is 3. The first-order valence-corrected chi connectivity index (χ1v) is 10.4. The number of amides is 3. The van der Waals surface area contributed by atoms with Crippen LogP contribution in [0.5, 0.6) is 0 Å². The summed E-state index contributed by atoms with van der Waals surface area (Å²) >= 11 is 9.61. The maximum absolute atomic E-state index is 14.4. The molecule has 1 saturated heterocycles. The predicted octanol–water partition coefficient (Wildman–Crippen LogP) is 3.01. The number of carbonyl (C=O) groups excluding carboxylic acids is 2. The molecule has 1 heterocycles. The van der Waals surface area contributed by atoms with E-state index in [-0.39, 0.29) is 22.7 Å². The number of urea groups is 1. The number of carboxylic acids is 1. The summed E-state index contributed by atoms with van der Waals surface area (Å²) in [7, 11) is 0. The van der Waals surface area contributed by atoms with E-state index in [2.05, 4.69) is 15.9 Å². The van der Waals surface area contributed by atoms with Crippen LogP contribution in [0.3, 0.4) is 0 Å². The van der Waals surface area contributed by atoms with E-state index < -0.39 is 42.6 Å². The van der Waals surface area contributed by atoms with E-state index in [9.17, 15) is 23.9 Å². The summed E-state index contributed by atoms with van der Waals surface area (Å²) in [6.07, 6.45) is 2.23. The monoisotopic (exact) mass is 452 g/mol. The van der Waals surface area contributed by atoms with Crippen LogP contribution >= 0.6 is 27.5 Å². The van der Waals surface area contributed by atoms with Gasteiger partial charge in [0.25, 0.3) is 0 Å². The first-order chi connectivity index (χ1) is 12.3. The topological polar surface area (TPSA) is 77.9 Å². The van der Waals surface area contributed by atoms with Crippen LogP contribution in [0.15, 0.2) is 0 Å². The van der Waals surface area contributed by atoms with Gasteiger partial charge in [-0.3, -0.25) is 14.5 Å². The summed E-state index contributed by atoms with van der Waals surface area (Å²) in [5, 5.41) is 9.01. The molecule has 1 aliphatic heterocycles. The lowest BCUT2D eigenvalue weighted by atomic mass is 9.80. The summed E-state index contributed by atoms with van der Waals surface area (Å²) in [4.78, 5) is 39.5. The standard InChI is InChI=1S/C17H23BrClFN2O4/c18-10-2-1-9(13(20)5-10)7-22-16(25)12-4-3-11(19)6-14(12)21(17(22)26)8-15(23)24/h9-14H,1-8H2,(H,23,24). The third-order valence-corrected chi connectivity index (χ3v) is 7.01. The molecule has 9 heteroatoms. The summed E-state index contributed by atoms with van der Waals surface area (Å²) in [6.45, 7) is -0.456. The minimum Gasteiger partial charge on any atom is -0.480 e. The average Bonchev–Trinajstić information content (AvgIpc) is 2.57. The normalized spacial score (nSPS) is 38.3.